The molecule has 0 aromatic carbocycles. The number of hydrogen-bond acceptors (Lipinski definition) is 4. The summed E-state index contributed by atoms with van der Waals surface area (Å²) in [5.74, 6) is 0. The molecule has 0 bridgehead atoms. The first-order chi connectivity index (χ1) is 9.32. The summed E-state index contributed by atoms with van der Waals surface area (Å²) in [6.45, 7) is 6.86. The van der Waals surface area contributed by atoms with E-state index in [9.17, 15) is 4.79 Å². The van der Waals surface area contributed by atoms with Crippen molar-refractivity contribution in [1.82, 2.24) is 14.7 Å². The highest BCUT2D eigenvalue weighted by atomic mass is 16.6. The number of aryl methyl sites for hydroxylation is 1. The van der Waals surface area contributed by atoms with Crippen molar-refractivity contribution in [3.8, 4) is 0 Å². The van der Waals surface area contributed by atoms with Crippen molar-refractivity contribution in [3.05, 3.63) is 18.0 Å². The highest BCUT2D eigenvalue weighted by molar-refractivity contribution is 5.68. The van der Waals surface area contributed by atoms with Gasteiger partial charge in [0.25, 0.3) is 0 Å². The molecule has 0 spiro atoms. The predicted molar refractivity (Wildman–Crippen MR) is 72.2 cm³/mol. The highest BCUT2D eigenvalue weighted by Crippen LogP contribution is 2.51. The summed E-state index contributed by atoms with van der Waals surface area (Å²) in [6.07, 6.45) is 2.37. The van der Waals surface area contributed by atoms with E-state index in [1.54, 1.807) is 11.1 Å². The number of aromatic nitrogens is 2. The minimum Gasteiger partial charge on any atom is -0.444 e. The van der Waals surface area contributed by atoms with Crippen LogP contribution in [0.3, 0.4) is 0 Å². The highest BCUT2D eigenvalue weighted by Gasteiger charge is 2.62. The Morgan fingerprint density at radius 1 is 1.55 bits per heavy atom. The van der Waals surface area contributed by atoms with Gasteiger partial charge in [0.1, 0.15) is 17.3 Å². The van der Waals surface area contributed by atoms with Crippen LogP contribution in [0, 0.1) is 0 Å². The molecule has 2 atom stereocenters. The summed E-state index contributed by atoms with van der Waals surface area (Å²) in [5.41, 5.74) is 0.383. The lowest BCUT2D eigenvalue weighted by Crippen LogP contribution is -2.44. The normalized spacial score (nSPS) is 29.0. The average Bonchev–Trinajstić information content (AvgIpc) is 2.92. The molecule has 3 rings (SSSR count). The number of hydrogen-bond donors (Lipinski definition) is 0. The number of carbonyl (C=O) groups is 1. The van der Waals surface area contributed by atoms with Gasteiger partial charge in [-0.05, 0) is 26.8 Å². The third-order valence-electron chi connectivity index (χ3n) is 3.86. The number of piperidine rings is 1. The van der Waals surface area contributed by atoms with E-state index >= 15 is 0 Å². The topological polar surface area (TPSA) is 59.9 Å². The average molecular weight is 279 g/mol. The summed E-state index contributed by atoms with van der Waals surface area (Å²) in [7, 11) is 1.92. The molecular formula is C14H21N3O3. The van der Waals surface area contributed by atoms with Gasteiger partial charge < -0.3 is 14.4 Å². The number of likely N-dealkylation sites (tertiary alicyclic amines) is 1. The quantitative estimate of drug-likeness (QED) is 0.733. The van der Waals surface area contributed by atoms with Gasteiger partial charge in [-0.3, -0.25) is 4.68 Å². The molecule has 0 aliphatic carbocycles. The van der Waals surface area contributed by atoms with E-state index in [1.165, 1.54) is 0 Å². The first kappa shape index (κ1) is 13.4. The second-order valence-corrected chi connectivity index (χ2v) is 6.51. The lowest BCUT2D eigenvalue weighted by molar-refractivity contribution is 0.0216. The number of epoxide rings is 1. The minimum atomic E-state index is -0.460. The monoisotopic (exact) mass is 279 g/mol. The van der Waals surface area contributed by atoms with Crippen LogP contribution in [0.1, 0.15) is 32.9 Å². The van der Waals surface area contributed by atoms with Crippen molar-refractivity contribution in [2.75, 3.05) is 13.1 Å². The second-order valence-electron chi connectivity index (χ2n) is 6.51. The molecule has 3 heterocycles. The van der Waals surface area contributed by atoms with Gasteiger partial charge in [-0.1, -0.05) is 0 Å². The fourth-order valence-electron chi connectivity index (χ4n) is 2.85. The zero-order valence-corrected chi connectivity index (χ0v) is 12.4. The van der Waals surface area contributed by atoms with Crippen LogP contribution in [0.15, 0.2) is 12.3 Å². The van der Waals surface area contributed by atoms with Gasteiger partial charge >= 0.3 is 6.09 Å². The van der Waals surface area contributed by atoms with Crippen molar-refractivity contribution in [2.45, 2.75) is 44.5 Å². The zero-order chi connectivity index (χ0) is 14.5. The van der Waals surface area contributed by atoms with Crippen LogP contribution in [0.2, 0.25) is 0 Å². The Kier molecular flexibility index (Phi) is 2.83. The summed E-state index contributed by atoms with van der Waals surface area (Å²) in [4.78, 5) is 13.8. The van der Waals surface area contributed by atoms with E-state index in [1.807, 2.05) is 38.6 Å². The molecule has 0 N–H and O–H groups in total. The Morgan fingerprint density at radius 3 is 2.85 bits per heavy atom. The number of ether oxygens (including phenoxy) is 2. The Labute approximate surface area is 118 Å². The fraction of sp³-hybridized carbons (Fsp3) is 0.714. The van der Waals surface area contributed by atoms with Crippen LogP contribution in [0.25, 0.3) is 0 Å². The maximum absolute atomic E-state index is 12.1. The second kappa shape index (κ2) is 4.22. The van der Waals surface area contributed by atoms with E-state index in [4.69, 9.17) is 9.47 Å². The van der Waals surface area contributed by atoms with Crippen LogP contribution < -0.4 is 0 Å². The van der Waals surface area contributed by atoms with Gasteiger partial charge in [-0.15, -0.1) is 0 Å². The van der Waals surface area contributed by atoms with Crippen molar-refractivity contribution in [1.29, 1.82) is 0 Å². The molecule has 110 valence electrons. The van der Waals surface area contributed by atoms with Crippen molar-refractivity contribution >= 4 is 6.09 Å². The number of amides is 1. The van der Waals surface area contributed by atoms with Crippen LogP contribution in [0.5, 0.6) is 0 Å². The van der Waals surface area contributed by atoms with Crippen LogP contribution in [-0.2, 0) is 22.1 Å². The molecule has 0 unspecified atom stereocenters. The van der Waals surface area contributed by atoms with Crippen LogP contribution in [-0.4, -0.2) is 45.6 Å². The Morgan fingerprint density at radius 2 is 2.30 bits per heavy atom. The molecule has 1 aromatic rings. The van der Waals surface area contributed by atoms with Gasteiger partial charge in [0, 0.05) is 26.2 Å². The Hall–Kier alpha value is -1.56. The maximum atomic E-state index is 12.1. The minimum absolute atomic E-state index is 0.0548. The molecule has 2 saturated heterocycles. The van der Waals surface area contributed by atoms with Gasteiger partial charge in [0.05, 0.1) is 12.2 Å². The van der Waals surface area contributed by atoms with E-state index in [2.05, 4.69) is 5.10 Å². The number of fused-ring (bicyclic) bond motifs is 1. The third-order valence-corrected chi connectivity index (χ3v) is 3.86. The molecule has 0 saturated carbocycles. The summed E-state index contributed by atoms with van der Waals surface area (Å²) < 4.78 is 13.1. The largest absolute Gasteiger partial charge is 0.444 e. The van der Waals surface area contributed by atoms with Gasteiger partial charge in [-0.25, -0.2) is 4.79 Å². The summed E-state index contributed by atoms with van der Waals surface area (Å²) in [5, 5.41) is 4.20. The van der Waals surface area contributed by atoms with E-state index in [0.29, 0.717) is 13.1 Å². The number of rotatable bonds is 1. The van der Waals surface area contributed by atoms with Gasteiger partial charge in [0.15, 0.2) is 0 Å². The zero-order valence-electron chi connectivity index (χ0n) is 12.4. The van der Waals surface area contributed by atoms with Gasteiger partial charge in [-0.2, -0.15) is 5.10 Å². The number of carbonyl (C=O) groups excluding carboxylic acids is 1. The molecule has 20 heavy (non-hydrogen) atoms. The summed E-state index contributed by atoms with van der Waals surface area (Å²) >= 11 is 0. The van der Waals surface area contributed by atoms with Crippen molar-refractivity contribution in [2.24, 2.45) is 7.05 Å². The molecule has 1 aromatic heterocycles. The van der Waals surface area contributed by atoms with E-state index in [0.717, 1.165) is 12.1 Å². The molecule has 0 radical (unpaired) electrons. The molecule has 6 heteroatoms. The smallest absolute Gasteiger partial charge is 0.410 e. The maximum Gasteiger partial charge on any atom is 0.410 e. The van der Waals surface area contributed by atoms with Crippen molar-refractivity contribution < 1.29 is 14.3 Å². The Balaban J connectivity index is 1.66. The van der Waals surface area contributed by atoms with Crippen molar-refractivity contribution in [3.63, 3.8) is 0 Å². The first-order valence-electron chi connectivity index (χ1n) is 6.96. The van der Waals surface area contributed by atoms with E-state index < -0.39 is 5.60 Å². The van der Waals surface area contributed by atoms with Crippen LogP contribution >= 0.6 is 0 Å². The fourth-order valence-corrected chi connectivity index (χ4v) is 2.85. The predicted octanol–water partition coefficient (Wildman–Crippen LogP) is 1.66. The molecule has 2 fully saturated rings. The van der Waals surface area contributed by atoms with Gasteiger partial charge in [0.2, 0.25) is 0 Å². The summed E-state index contributed by atoms with van der Waals surface area (Å²) in [6, 6.07) is 1.99. The first-order valence-corrected chi connectivity index (χ1v) is 6.96. The third kappa shape index (κ3) is 2.18. The standard InChI is InChI=1S/C14H21N3O3/c1-13(2,3)20-12(18)17-8-6-14(11(9-17)19-14)10-5-7-15-16(10)4/h5,7,11H,6,8-9H2,1-4H3/t11-,14+/m0/s1. The molecule has 6 nitrogen and oxygen atoms in total. The lowest BCUT2D eigenvalue weighted by atomic mass is 9.93. The molecule has 2 aliphatic rings. The SMILES string of the molecule is Cn1nccc1[C@]12CCN(C(=O)OC(C)(C)C)C[C@@H]1O2. The molecule has 2 aliphatic heterocycles. The Bertz CT molecular complexity index is 534. The van der Waals surface area contributed by atoms with Crippen LogP contribution in [0.4, 0.5) is 4.79 Å². The number of nitrogens with zero attached hydrogens (tertiary/aromatic N) is 3. The molecular weight excluding hydrogens is 258 g/mol. The molecule has 1 amide bonds. The van der Waals surface area contributed by atoms with E-state index in [-0.39, 0.29) is 17.8 Å². The lowest BCUT2D eigenvalue weighted by Gasteiger charge is -2.30.